The number of aromatic nitrogens is 3. The standard InChI is InChI=1S/C10H14IN2O8P.C9H14N3O9P/c1-4-12-9(16)5(11)2-13(4)10-8(15)7(14)6(21-10)3-20-22(17,18)19;1-11-3-12(9(16)10-8(11)15)7-6(14)5(13)4(21-7)2-20-22(17,18)19/h2,6-8,10,14-15H,1,3H2,(H,12,16)(H2,17,18,19);3-7,13-14H,2H2,1H3,(H2-,10,15,16,17,18,19)/p+1/t6-,7-,8?,10-;4-,5-,6?,7-/m11/s1. The number of rotatable bonds is 8. The number of aromatic amines is 1. The molecule has 1 aromatic rings. The van der Waals surface area contributed by atoms with E-state index in [1.807, 2.05) is 4.98 Å². The number of carbonyl (C=O) groups excluding carboxylic acids is 1. The summed E-state index contributed by atoms with van der Waals surface area (Å²) in [6.45, 7) is 2.32. The summed E-state index contributed by atoms with van der Waals surface area (Å²) in [5.41, 5.74) is -1.56. The minimum Gasteiger partial charge on any atom is -0.387 e. The van der Waals surface area contributed by atoms with Gasteiger partial charge >= 0.3 is 27.0 Å². The first-order chi connectivity index (χ1) is 20.2. The van der Waals surface area contributed by atoms with Crippen LogP contribution in [0.5, 0.6) is 0 Å². The van der Waals surface area contributed by atoms with E-state index >= 15 is 0 Å². The molecule has 0 spiro atoms. The highest BCUT2D eigenvalue weighted by atomic mass is 127. The molecule has 10 N–H and O–H groups in total. The number of aliphatic hydroxyl groups excluding tert-OH is 4. The second-order valence-electron chi connectivity index (χ2n) is 9.32. The average Bonchev–Trinajstić information content (AvgIpc) is 3.35. The minimum absolute atomic E-state index is 0.137. The SMILES string of the molecule is C=C1NC(=O)C(I)=CN1[C@@H]1O[C@H](COP(=O)(O)O)[C@@H](O)C1O.C[n+]1cn([C@@H]2O[C@H](COP(=O)(O)O)[C@@H](O)C2O)c(=O)[nH]c1=O. The van der Waals surface area contributed by atoms with Gasteiger partial charge in [0.05, 0.1) is 23.8 Å². The van der Waals surface area contributed by atoms with E-state index < -0.39 is 89.3 Å². The predicted octanol–water partition coefficient (Wildman–Crippen LogP) is -5.19. The first-order valence-corrected chi connectivity index (χ1v) is 16.1. The van der Waals surface area contributed by atoms with Crippen LogP contribution >= 0.6 is 38.2 Å². The number of nitrogens with one attached hydrogen (secondary N) is 2. The van der Waals surface area contributed by atoms with E-state index in [0.29, 0.717) is 3.58 Å². The molecule has 2 saturated heterocycles. The molecular formula is C19H29IN5O17P2+. The molecule has 248 valence electrons. The van der Waals surface area contributed by atoms with Crippen molar-refractivity contribution in [2.45, 2.75) is 49.1 Å². The Balaban J connectivity index is 0.000000240. The first kappa shape index (κ1) is 36.5. The molecule has 4 rings (SSSR count). The topological polar surface area (TPSA) is 324 Å². The average molecular weight is 788 g/mol. The lowest BCUT2D eigenvalue weighted by Gasteiger charge is -2.33. The Morgan fingerprint density at radius 1 is 0.932 bits per heavy atom. The number of hydrogen-bond donors (Lipinski definition) is 10. The zero-order chi connectivity index (χ0) is 33.3. The van der Waals surface area contributed by atoms with Crippen molar-refractivity contribution < 1.29 is 77.0 Å². The smallest absolute Gasteiger partial charge is 0.387 e. The summed E-state index contributed by atoms with van der Waals surface area (Å²) < 4.78 is 42.5. The maximum atomic E-state index is 11.7. The summed E-state index contributed by atoms with van der Waals surface area (Å²) in [5, 5.41) is 42.1. The number of ether oxygens (including phenoxy) is 2. The van der Waals surface area contributed by atoms with Gasteiger partial charge in [-0.05, 0) is 22.6 Å². The Morgan fingerprint density at radius 3 is 1.91 bits per heavy atom. The Bertz CT molecular complexity index is 1490. The van der Waals surface area contributed by atoms with Crippen molar-refractivity contribution in [2.75, 3.05) is 13.2 Å². The normalized spacial score (nSPS) is 31.0. The lowest BCUT2D eigenvalue weighted by Crippen LogP contribution is -2.54. The highest BCUT2D eigenvalue weighted by Crippen LogP contribution is 2.39. The van der Waals surface area contributed by atoms with Gasteiger partial charge in [0.25, 0.3) is 5.91 Å². The lowest BCUT2D eigenvalue weighted by atomic mass is 10.1. The van der Waals surface area contributed by atoms with E-state index in [1.54, 1.807) is 22.6 Å². The van der Waals surface area contributed by atoms with Crippen LogP contribution in [0.2, 0.25) is 0 Å². The van der Waals surface area contributed by atoms with Crippen LogP contribution < -0.4 is 21.3 Å². The summed E-state index contributed by atoms with van der Waals surface area (Å²) in [7, 11) is -8.15. The molecule has 1 amide bonds. The summed E-state index contributed by atoms with van der Waals surface area (Å²) in [6.07, 6.45) is -8.32. The molecule has 0 saturated carbocycles. The molecule has 44 heavy (non-hydrogen) atoms. The maximum Gasteiger partial charge on any atom is 0.469 e. The zero-order valence-electron chi connectivity index (χ0n) is 22.3. The number of nitrogens with zero attached hydrogens (tertiary/aromatic N) is 3. The van der Waals surface area contributed by atoms with Crippen LogP contribution in [0.3, 0.4) is 0 Å². The number of aliphatic hydroxyl groups is 4. The number of phosphoric ester groups is 2. The van der Waals surface area contributed by atoms with Crippen LogP contribution in [0, 0.1) is 0 Å². The summed E-state index contributed by atoms with van der Waals surface area (Å²) in [5.74, 6) is -0.227. The lowest BCUT2D eigenvalue weighted by molar-refractivity contribution is -0.694. The molecule has 4 heterocycles. The second kappa shape index (κ2) is 14.2. The molecule has 22 nitrogen and oxygen atoms in total. The Hall–Kier alpha value is -1.93. The number of H-pyrrole nitrogens is 1. The number of amides is 1. The molecule has 2 unspecified atom stereocenters. The van der Waals surface area contributed by atoms with Gasteiger partial charge < -0.3 is 59.7 Å². The van der Waals surface area contributed by atoms with Crippen LogP contribution in [0.1, 0.15) is 6.23 Å². The van der Waals surface area contributed by atoms with E-state index in [0.717, 1.165) is 15.5 Å². The van der Waals surface area contributed by atoms with Crippen LogP contribution in [-0.2, 0) is 39.5 Å². The van der Waals surface area contributed by atoms with Gasteiger partial charge in [0.1, 0.15) is 42.4 Å². The van der Waals surface area contributed by atoms with Crippen molar-refractivity contribution in [1.29, 1.82) is 0 Å². The van der Waals surface area contributed by atoms with Crippen molar-refractivity contribution in [3.8, 4) is 0 Å². The molecule has 0 bridgehead atoms. The van der Waals surface area contributed by atoms with Crippen molar-refractivity contribution in [2.24, 2.45) is 7.05 Å². The Morgan fingerprint density at radius 2 is 1.41 bits per heavy atom. The quantitative estimate of drug-likeness (QED) is 0.0669. The fourth-order valence-electron chi connectivity index (χ4n) is 3.99. The van der Waals surface area contributed by atoms with E-state index in [4.69, 9.17) is 29.0 Å². The van der Waals surface area contributed by atoms with Gasteiger partial charge in [-0.15, -0.1) is 0 Å². The minimum atomic E-state index is -4.77. The molecular weight excluding hydrogens is 759 g/mol. The zero-order valence-corrected chi connectivity index (χ0v) is 26.2. The molecule has 3 aliphatic rings. The van der Waals surface area contributed by atoms with Crippen LogP contribution in [0.25, 0.3) is 0 Å². The van der Waals surface area contributed by atoms with Gasteiger partial charge in [-0.25, -0.2) is 23.3 Å². The molecule has 25 heteroatoms. The van der Waals surface area contributed by atoms with E-state index in [9.17, 15) is 43.9 Å². The monoisotopic (exact) mass is 788 g/mol. The third kappa shape index (κ3) is 9.08. The van der Waals surface area contributed by atoms with Crippen molar-refractivity contribution in [1.82, 2.24) is 19.8 Å². The van der Waals surface area contributed by atoms with Crippen molar-refractivity contribution >= 4 is 44.1 Å². The fourth-order valence-corrected chi connectivity index (χ4v) is 5.11. The predicted molar refractivity (Wildman–Crippen MR) is 146 cm³/mol. The third-order valence-corrected chi connectivity index (χ3v) is 7.88. The molecule has 0 aromatic carbocycles. The molecule has 0 aliphatic carbocycles. The molecule has 0 radical (unpaired) electrons. The van der Waals surface area contributed by atoms with Gasteiger partial charge in [-0.1, -0.05) is 6.58 Å². The van der Waals surface area contributed by atoms with E-state index in [2.05, 4.69) is 20.9 Å². The van der Waals surface area contributed by atoms with E-state index in [1.165, 1.54) is 18.1 Å². The molecule has 2 fully saturated rings. The largest absolute Gasteiger partial charge is 0.469 e. The summed E-state index contributed by atoms with van der Waals surface area (Å²) >= 11 is 1.78. The molecule has 8 atom stereocenters. The Labute approximate surface area is 259 Å². The van der Waals surface area contributed by atoms with E-state index in [-0.39, 0.29) is 11.7 Å². The summed E-state index contributed by atoms with van der Waals surface area (Å²) in [6, 6.07) is 0. The van der Waals surface area contributed by atoms with Gasteiger partial charge in [0.2, 0.25) is 12.6 Å². The third-order valence-electron chi connectivity index (χ3n) is 6.14. The molecule has 3 aliphatic heterocycles. The highest BCUT2D eigenvalue weighted by Gasteiger charge is 2.48. The second-order valence-corrected chi connectivity index (χ2v) is 13.0. The first-order valence-electron chi connectivity index (χ1n) is 12.0. The molecule has 1 aromatic heterocycles. The van der Waals surface area contributed by atoms with Crippen molar-refractivity contribution in [3.63, 3.8) is 0 Å². The Kier molecular flexibility index (Phi) is 11.8. The number of phosphoric acid groups is 2. The van der Waals surface area contributed by atoms with Crippen LogP contribution in [-0.4, -0.2) is 116 Å². The number of halogens is 1. The highest BCUT2D eigenvalue weighted by molar-refractivity contribution is 14.1. The maximum absolute atomic E-state index is 11.7. The van der Waals surface area contributed by atoms with Gasteiger partial charge in [-0.3, -0.25) is 13.8 Å². The summed E-state index contributed by atoms with van der Waals surface area (Å²) in [4.78, 5) is 72.3. The van der Waals surface area contributed by atoms with Crippen LogP contribution in [0.15, 0.2) is 38.1 Å². The van der Waals surface area contributed by atoms with Gasteiger partial charge in [0.15, 0.2) is 6.23 Å². The van der Waals surface area contributed by atoms with Crippen LogP contribution in [0.4, 0.5) is 0 Å². The van der Waals surface area contributed by atoms with Gasteiger partial charge in [-0.2, -0.15) is 9.55 Å². The number of hydrogen-bond acceptors (Lipinski definition) is 14. The number of carbonyl (C=O) groups is 1. The number of aryl methyl sites for hydroxylation is 1. The van der Waals surface area contributed by atoms with Crippen molar-refractivity contribution in [3.05, 3.63) is 49.5 Å². The van der Waals surface area contributed by atoms with Gasteiger partial charge in [0, 0.05) is 6.20 Å². The fraction of sp³-hybridized carbons (Fsp3) is 0.579.